The van der Waals surface area contributed by atoms with Crippen molar-refractivity contribution in [3.63, 3.8) is 0 Å². The lowest BCUT2D eigenvalue weighted by molar-refractivity contribution is 0.131. The fourth-order valence-electron chi connectivity index (χ4n) is 0.292. The Morgan fingerprint density at radius 3 is 1.91 bits per heavy atom. The van der Waals surface area contributed by atoms with Crippen LogP contribution in [0.2, 0.25) is 0 Å². The van der Waals surface area contributed by atoms with E-state index in [0.717, 1.165) is 0 Å². The van der Waals surface area contributed by atoms with Crippen LogP contribution in [0.4, 0.5) is 4.79 Å². The summed E-state index contributed by atoms with van der Waals surface area (Å²) in [6.07, 6.45) is -0.546. The maximum Gasteiger partial charge on any atom is 0.508 e. The maximum atomic E-state index is 9.80. The van der Waals surface area contributed by atoms with Gasteiger partial charge in [-0.3, -0.25) is 0 Å². The molecule has 4 nitrogen and oxygen atoms in total. The normalized spacial score (nSPS) is 15.1. The Labute approximate surface area is 66.1 Å². The van der Waals surface area contributed by atoms with E-state index in [1.807, 2.05) is 13.8 Å². The molecule has 0 radical (unpaired) electrons. The van der Waals surface area contributed by atoms with Crippen LogP contribution in [0.15, 0.2) is 0 Å². The van der Waals surface area contributed by atoms with Gasteiger partial charge in [-0.15, -0.1) is 0 Å². The van der Waals surface area contributed by atoms with Crippen molar-refractivity contribution in [2.24, 2.45) is 5.92 Å². The summed E-state index contributed by atoms with van der Waals surface area (Å²) in [7, 11) is 0. The van der Waals surface area contributed by atoms with E-state index in [1.165, 1.54) is 0 Å². The van der Waals surface area contributed by atoms with Crippen molar-refractivity contribution in [3.8, 4) is 0 Å². The SMILES string of the molecule is CC(C)CO.O=C1OCCO1. The molecule has 0 aromatic carbocycles. The van der Waals surface area contributed by atoms with Crippen LogP contribution in [0.1, 0.15) is 13.8 Å². The quantitative estimate of drug-likeness (QED) is 0.579. The van der Waals surface area contributed by atoms with Gasteiger partial charge in [-0.2, -0.15) is 0 Å². The Kier molecular flexibility index (Phi) is 5.56. The molecule has 0 aliphatic carbocycles. The standard InChI is InChI=1S/C4H10O.C3H4O3/c1-4(2)3-5;4-3-5-1-2-6-3/h4-5H,3H2,1-2H3;1-2H2. The van der Waals surface area contributed by atoms with Gasteiger partial charge in [0.05, 0.1) is 0 Å². The van der Waals surface area contributed by atoms with E-state index in [-0.39, 0.29) is 0 Å². The number of hydrogen-bond acceptors (Lipinski definition) is 4. The lowest BCUT2D eigenvalue weighted by Gasteiger charge is -1.90. The number of aliphatic hydroxyl groups excluding tert-OH is 1. The van der Waals surface area contributed by atoms with Crippen molar-refractivity contribution in [2.45, 2.75) is 13.8 Å². The maximum absolute atomic E-state index is 9.80. The second-order valence-corrected chi connectivity index (χ2v) is 2.52. The fourth-order valence-corrected chi connectivity index (χ4v) is 0.292. The first kappa shape index (κ1) is 10.2. The highest BCUT2D eigenvalue weighted by Crippen LogP contribution is 1.92. The number of hydrogen-bond donors (Lipinski definition) is 1. The van der Waals surface area contributed by atoms with Crippen LogP contribution >= 0.6 is 0 Å². The Bertz CT molecular complexity index is 103. The molecule has 4 heteroatoms. The first-order valence-electron chi connectivity index (χ1n) is 3.57. The molecule has 0 spiro atoms. The van der Waals surface area contributed by atoms with Gasteiger partial charge in [-0.1, -0.05) is 13.8 Å². The summed E-state index contributed by atoms with van der Waals surface area (Å²) in [6.45, 7) is 5.08. The minimum atomic E-state index is -0.546. The van der Waals surface area contributed by atoms with E-state index in [9.17, 15) is 4.79 Å². The number of ether oxygens (including phenoxy) is 2. The van der Waals surface area contributed by atoms with Crippen LogP contribution in [0.3, 0.4) is 0 Å². The lowest BCUT2D eigenvalue weighted by Crippen LogP contribution is -1.90. The lowest BCUT2D eigenvalue weighted by atomic mass is 10.2. The minimum absolute atomic E-state index is 0.306. The zero-order valence-electron chi connectivity index (χ0n) is 6.87. The van der Waals surface area contributed by atoms with E-state index < -0.39 is 6.16 Å². The molecule has 1 heterocycles. The highest BCUT2D eigenvalue weighted by atomic mass is 16.8. The van der Waals surface area contributed by atoms with Crippen molar-refractivity contribution >= 4 is 6.16 Å². The minimum Gasteiger partial charge on any atom is -0.431 e. The predicted molar refractivity (Wildman–Crippen MR) is 39.2 cm³/mol. The Morgan fingerprint density at radius 1 is 1.45 bits per heavy atom. The summed E-state index contributed by atoms with van der Waals surface area (Å²) in [6, 6.07) is 0. The summed E-state index contributed by atoms with van der Waals surface area (Å²) in [4.78, 5) is 9.80. The summed E-state index contributed by atoms with van der Waals surface area (Å²) in [5.41, 5.74) is 0. The third-order valence-electron chi connectivity index (χ3n) is 0.888. The second kappa shape index (κ2) is 5.97. The molecule has 0 saturated carbocycles. The molecule has 0 unspecified atom stereocenters. The molecule has 1 aliphatic rings. The van der Waals surface area contributed by atoms with Crippen LogP contribution in [0, 0.1) is 5.92 Å². The van der Waals surface area contributed by atoms with Crippen LogP contribution < -0.4 is 0 Å². The fraction of sp³-hybridized carbons (Fsp3) is 0.857. The molecule has 1 aliphatic heterocycles. The van der Waals surface area contributed by atoms with Crippen LogP contribution in [-0.4, -0.2) is 31.1 Å². The van der Waals surface area contributed by atoms with Gasteiger partial charge in [0, 0.05) is 6.61 Å². The molecule has 1 N–H and O–H groups in total. The molecule has 0 amide bonds. The number of aliphatic hydroxyl groups is 1. The molecule has 11 heavy (non-hydrogen) atoms. The molecule has 0 aromatic heterocycles. The average Bonchev–Trinajstić information content (AvgIpc) is 2.41. The average molecular weight is 162 g/mol. The highest BCUT2D eigenvalue weighted by molar-refractivity contribution is 5.61. The van der Waals surface area contributed by atoms with Crippen LogP contribution in [0.5, 0.6) is 0 Å². The van der Waals surface area contributed by atoms with Gasteiger partial charge in [0.25, 0.3) is 0 Å². The number of rotatable bonds is 1. The first-order chi connectivity index (χ1) is 5.16. The summed E-state index contributed by atoms with van der Waals surface area (Å²) in [5, 5.41) is 8.14. The molecule has 0 atom stereocenters. The van der Waals surface area contributed by atoms with Crippen molar-refractivity contribution in [2.75, 3.05) is 19.8 Å². The largest absolute Gasteiger partial charge is 0.508 e. The van der Waals surface area contributed by atoms with Crippen molar-refractivity contribution < 1.29 is 19.4 Å². The third-order valence-corrected chi connectivity index (χ3v) is 0.888. The van der Waals surface area contributed by atoms with Gasteiger partial charge >= 0.3 is 6.16 Å². The number of cyclic esters (lactones) is 2. The smallest absolute Gasteiger partial charge is 0.431 e. The topological polar surface area (TPSA) is 55.8 Å². The van der Waals surface area contributed by atoms with E-state index in [4.69, 9.17) is 5.11 Å². The van der Waals surface area contributed by atoms with Gasteiger partial charge in [0.15, 0.2) is 0 Å². The second-order valence-electron chi connectivity index (χ2n) is 2.52. The predicted octanol–water partition coefficient (Wildman–Crippen LogP) is 0.788. The molecular weight excluding hydrogens is 148 g/mol. The molecular formula is C7H14O4. The van der Waals surface area contributed by atoms with Crippen molar-refractivity contribution in [3.05, 3.63) is 0 Å². The third kappa shape index (κ3) is 7.12. The molecule has 0 aromatic rings. The Morgan fingerprint density at radius 2 is 1.82 bits per heavy atom. The molecule has 0 bridgehead atoms. The summed E-state index contributed by atoms with van der Waals surface area (Å²) in [5.74, 6) is 0.440. The van der Waals surface area contributed by atoms with Crippen molar-refractivity contribution in [1.29, 1.82) is 0 Å². The van der Waals surface area contributed by atoms with Crippen LogP contribution in [-0.2, 0) is 9.47 Å². The van der Waals surface area contributed by atoms with Gasteiger partial charge in [-0.25, -0.2) is 4.79 Å². The van der Waals surface area contributed by atoms with Gasteiger partial charge in [0.1, 0.15) is 13.2 Å². The van der Waals surface area contributed by atoms with E-state index in [0.29, 0.717) is 25.7 Å². The summed E-state index contributed by atoms with van der Waals surface area (Å²) < 4.78 is 8.58. The molecule has 1 rings (SSSR count). The van der Waals surface area contributed by atoms with E-state index >= 15 is 0 Å². The van der Waals surface area contributed by atoms with E-state index in [1.54, 1.807) is 0 Å². The monoisotopic (exact) mass is 162 g/mol. The van der Waals surface area contributed by atoms with Crippen molar-refractivity contribution in [1.82, 2.24) is 0 Å². The molecule has 1 fully saturated rings. The Hall–Kier alpha value is -0.770. The molecule has 66 valence electrons. The molecule has 1 saturated heterocycles. The first-order valence-corrected chi connectivity index (χ1v) is 3.57. The van der Waals surface area contributed by atoms with Gasteiger partial charge in [-0.05, 0) is 5.92 Å². The number of carbonyl (C=O) groups excluding carboxylic acids is 1. The number of carbonyl (C=O) groups is 1. The Balaban J connectivity index is 0.000000187. The zero-order chi connectivity index (χ0) is 8.69. The van der Waals surface area contributed by atoms with Crippen LogP contribution in [0.25, 0.3) is 0 Å². The highest BCUT2D eigenvalue weighted by Gasteiger charge is 2.09. The van der Waals surface area contributed by atoms with E-state index in [2.05, 4.69) is 9.47 Å². The summed E-state index contributed by atoms with van der Waals surface area (Å²) >= 11 is 0. The van der Waals surface area contributed by atoms with Gasteiger partial charge in [0.2, 0.25) is 0 Å². The van der Waals surface area contributed by atoms with Gasteiger partial charge < -0.3 is 14.6 Å². The zero-order valence-corrected chi connectivity index (χ0v) is 6.87.